The Morgan fingerprint density at radius 3 is 2.74 bits per heavy atom. The number of hydrogen-bond acceptors (Lipinski definition) is 3. The summed E-state index contributed by atoms with van der Waals surface area (Å²) in [4.78, 5) is 14.3. The van der Waals surface area contributed by atoms with Gasteiger partial charge in [-0.05, 0) is 12.0 Å². The van der Waals surface area contributed by atoms with E-state index in [2.05, 4.69) is 12.1 Å². The largest absolute Gasteiger partial charge is 0.381 e. The lowest BCUT2D eigenvalue weighted by molar-refractivity contribution is -0.134. The second-order valence-corrected chi connectivity index (χ2v) is 5.48. The van der Waals surface area contributed by atoms with Crippen LogP contribution in [0.15, 0.2) is 30.3 Å². The van der Waals surface area contributed by atoms with Gasteiger partial charge >= 0.3 is 0 Å². The van der Waals surface area contributed by atoms with Crippen molar-refractivity contribution in [3.05, 3.63) is 35.9 Å². The van der Waals surface area contributed by atoms with E-state index in [-0.39, 0.29) is 23.8 Å². The smallest absolute Gasteiger partial charge is 0.228 e. The van der Waals surface area contributed by atoms with Crippen molar-refractivity contribution >= 4 is 5.91 Å². The molecule has 0 radical (unpaired) electrons. The fourth-order valence-corrected chi connectivity index (χ4v) is 3.05. The van der Waals surface area contributed by atoms with Crippen molar-refractivity contribution in [2.24, 2.45) is 11.7 Å². The van der Waals surface area contributed by atoms with Gasteiger partial charge < -0.3 is 15.4 Å². The van der Waals surface area contributed by atoms with Crippen LogP contribution in [-0.2, 0) is 9.53 Å². The monoisotopic (exact) mass is 260 g/mol. The zero-order valence-corrected chi connectivity index (χ0v) is 11.0. The van der Waals surface area contributed by atoms with E-state index in [1.165, 1.54) is 5.56 Å². The Kier molecular flexibility index (Phi) is 3.53. The lowest BCUT2D eigenvalue weighted by atomic mass is 9.95. The SMILES string of the molecule is N[C@@H]1CN(C(=O)C2CCOC2)C[C@H]1c1ccccc1. The number of benzene rings is 1. The van der Waals surface area contributed by atoms with Gasteiger partial charge in [0, 0.05) is 31.7 Å². The molecule has 2 aliphatic rings. The highest BCUT2D eigenvalue weighted by atomic mass is 16.5. The van der Waals surface area contributed by atoms with Crippen LogP contribution in [0.2, 0.25) is 0 Å². The number of carbonyl (C=O) groups excluding carboxylic acids is 1. The average Bonchev–Trinajstić information content (AvgIpc) is 3.08. The van der Waals surface area contributed by atoms with Crippen LogP contribution in [0.1, 0.15) is 17.9 Å². The molecule has 2 fully saturated rings. The van der Waals surface area contributed by atoms with E-state index in [1.54, 1.807) is 0 Å². The molecular formula is C15H20N2O2. The first-order chi connectivity index (χ1) is 9.25. The third-order valence-corrected chi connectivity index (χ3v) is 4.18. The van der Waals surface area contributed by atoms with Crippen molar-refractivity contribution in [1.29, 1.82) is 0 Å². The molecule has 2 heterocycles. The van der Waals surface area contributed by atoms with E-state index in [4.69, 9.17) is 10.5 Å². The molecule has 1 aromatic rings. The highest BCUT2D eigenvalue weighted by molar-refractivity contribution is 5.79. The first-order valence-electron chi connectivity index (χ1n) is 6.93. The molecule has 1 aromatic carbocycles. The molecule has 2 aliphatic heterocycles. The molecule has 4 heteroatoms. The molecule has 19 heavy (non-hydrogen) atoms. The van der Waals surface area contributed by atoms with Gasteiger partial charge in [-0.15, -0.1) is 0 Å². The summed E-state index contributed by atoms with van der Waals surface area (Å²) >= 11 is 0. The normalized spacial score (nSPS) is 30.8. The molecule has 3 rings (SSSR count). The fourth-order valence-electron chi connectivity index (χ4n) is 3.05. The molecular weight excluding hydrogens is 240 g/mol. The summed E-state index contributed by atoms with van der Waals surface area (Å²) in [6.07, 6.45) is 0.848. The molecule has 0 saturated carbocycles. The van der Waals surface area contributed by atoms with Gasteiger partial charge in [-0.2, -0.15) is 0 Å². The third-order valence-electron chi connectivity index (χ3n) is 4.18. The first-order valence-corrected chi connectivity index (χ1v) is 6.93. The fraction of sp³-hybridized carbons (Fsp3) is 0.533. The molecule has 0 spiro atoms. The Balaban J connectivity index is 1.69. The number of nitrogens with two attached hydrogens (primary N) is 1. The number of amides is 1. The third kappa shape index (κ3) is 2.51. The van der Waals surface area contributed by atoms with Gasteiger partial charge in [-0.25, -0.2) is 0 Å². The van der Waals surface area contributed by atoms with Crippen LogP contribution in [-0.4, -0.2) is 43.2 Å². The maximum Gasteiger partial charge on any atom is 0.228 e. The molecule has 3 atom stereocenters. The topological polar surface area (TPSA) is 55.6 Å². The van der Waals surface area contributed by atoms with E-state index in [9.17, 15) is 4.79 Å². The van der Waals surface area contributed by atoms with Gasteiger partial charge in [0.05, 0.1) is 12.5 Å². The summed E-state index contributed by atoms with van der Waals surface area (Å²) in [5.41, 5.74) is 7.44. The Hall–Kier alpha value is -1.39. The Labute approximate surface area is 113 Å². The summed E-state index contributed by atoms with van der Waals surface area (Å²) in [7, 11) is 0. The Bertz CT molecular complexity index is 443. The summed E-state index contributed by atoms with van der Waals surface area (Å²) in [6, 6.07) is 10.3. The number of rotatable bonds is 2. The molecule has 0 aromatic heterocycles. The second-order valence-electron chi connectivity index (χ2n) is 5.48. The second kappa shape index (κ2) is 5.31. The Morgan fingerprint density at radius 1 is 1.26 bits per heavy atom. The lowest BCUT2D eigenvalue weighted by Crippen LogP contribution is -2.36. The minimum absolute atomic E-state index is 0.0358. The van der Waals surface area contributed by atoms with Crippen LogP contribution in [0.4, 0.5) is 0 Å². The standard InChI is InChI=1S/C15H20N2O2/c16-14-9-17(15(18)12-6-7-19-10-12)8-13(14)11-4-2-1-3-5-11/h1-5,12-14H,6-10,16H2/t12?,13-,14+/m0/s1. The van der Waals surface area contributed by atoms with Crippen LogP contribution in [0.5, 0.6) is 0 Å². The quantitative estimate of drug-likeness (QED) is 0.862. The predicted molar refractivity (Wildman–Crippen MR) is 72.7 cm³/mol. The van der Waals surface area contributed by atoms with Crippen LogP contribution >= 0.6 is 0 Å². The molecule has 0 aliphatic carbocycles. The average molecular weight is 260 g/mol. The Morgan fingerprint density at radius 2 is 2.05 bits per heavy atom. The highest BCUT2D eigenvalue weighted by Crippen LogP contribution is 2.28. The van der Waals surface area contributed by atoms with Gasteiger partial charge in [-0.3, -0.25) is 4.79 Å². The summed E-state index contributed by atoms with van der Waals surface area (Å²) in [6.45, 7) is 2.67. The maximum atomic E-state index is 12.4. The van der Waals surface area contributed by atoms with E-state index in [0.29, 0.717) is 19.8 Å². The summed E-state index contributed by atoms with van der Waals surface area (Å²) in [5, 5.41) is 0. The zero-order chi connectivity index (χ0) is 13.2. The molecule has 1 unspecified atom stereocenters. The van der Waals surface area contributed by atoms with E-state index >= 15 is 0 Å². The minimum Gasteiger partial charge on any atom is -0.381 e. The first kappa shape index (κ1) is 12.6. The van der Waals surface area contributed by atoms with E-state index in [0.717, 1.165) is 13.0 Å². The van der Waals surface area contributed by atoms with Gasteiger partial charge in [0.2, 0.25) is 5.91 Å². The number of carbonyl (C=O) groups is 1. The molecule has 102 valence electrons. The van der Waals surface area contributed by atoms with Crippen molar-refractivity contribution in [3.8, 4) is 0 Å². The number of nitrogens with zero attached hydrogens (tertiary/aromatic N) is 1. The van der Waals surface area contributed by atoms with Crippen LogP contribution < -0.4 is 5.73 Å². The highest BCUT2D eigenvalue weighted by Gasteiger charge is 2.37. The molecule has 1 amide bonds. The van der Waals surface area contributed by atoms with Crippen molar-refractivity contribution in [1.82, 2.24) is 4.90 Å². The number of ether oxygens (including phenoxy) is 1. The van der Waals surface area contributed by atoms with Crippen molar-refractivity contribution in [2.75, 3.05) is 26.3 Å². The number of likely N-dealkylation sites (tertiary alicyclic amines) is 1. The van der Waals surface area contributed by atoms with Gasteiger partial charge in [0.1, 0.15) is 0 Å². The van der Waals surface area contributed by atoms with Crippen molar-refractivity contribution in [2.45, 2.75) is 18.4 Å². The van der Waals surface area contributed by atoms with E-state index in [1.807, 2.05) is 23.1 Å². The van der Waals surface area contributed by atoms with Crippen molar-refractivity contribution < 1.29 is 9.53 Å². The minimum atomic E-state index is 0.0358. The van der Waals surface area contributed by atoms with Crippen LogP contribution in [0.3, 0.4) is 0 Å². The molecule has 4 nitrogen and oxygen atoms in total. The summed E-state index contributed by atoms with van der Waals surface area (Å²) < 4.78 is 5.30. The lowest BCUT2D eigenvalue weighted by Gasteiger charge is -2.19. The molecule has 0 bridgehead atoms. The zero-order valence-electron chi connectivity index (χ0n) is 11.0. The molecule has 2 saturated heterocycles. The van der Waals surface area contributed by atoms with Crippen molar-refractivity contribution in [3.63, 3.8) is 0 Å². The van der Waals surface area contributed by atoms with Gasteiger partial charge in [-0.1, -0.05) is 30.3 Å². The predicted octanol–water partition coefficient (Wildman–Crippen LogP) is 0.976. The number of hydrogen-bond donors (Lipinski definition) is 1. The molecule has 2 N–H and O–H groups in total. The van der Waals surface area contributed by atoms with Gasteiger partial charge in [0.25, 0.3) is 0 Å². The maximum absolute atomic E-state index is 12.4. The van der Waals surface area contributed by atoms with Crippen LogP contribution in [0, 0.1) is 5.92 Å². The van der Waals surface area contributed by atoms with Gasteiger partial charge in [0.15, 0.2) is 0 Å². The van der Waals surface area contributed by atoms with Crippen LogP contribution in [0.25, 0.3) is 0 Å². The van der Waals surface area contributed by atoms with E-state index < -0.39 is 0 Å². The summed E-state index contributed by atoms with van der Waals surface area (Å²) in [5.74, 6) is 0.514.